The van der Waals surface area contributed by atoms with E-state index in [1.165, 1.54) is 22.9 Å². The van der Waals surface area contributed by atoms with E-state index in [1.807, 2.05) is 4.90 Å². The van der Waals surface area contributed by atoms with E-state index < -0.39 is 0 Å². The average Bonchev–Trinajstić information content (AvgIpc) is 3.10. The maximum Gasteiger partial charge on any atom is 0.233 e. The van der Waals surface area contributed by atoms with Crippen LogP contribution in [0.1, 0.15) is 18.1 Å². The zero-order chi connectivity index (χ0) is 18.4. The van der Waals surface area contributed by atoms with E-state index in [0.717, 1.165) is 47.2 Å². The molecule has 0 bridgehead atoms. The zero-order valence-electron chi connectivity index (χ0n) is 15.2. The number of hydrogen-bond donors (Lipinski definition) is 0. The third-order valence-electron chi connectivity index (χ3n) is 4.36. The fourth-order valence-electron chi connectivity index (χ4n) is 2.84. The molecular weight excluding hydrogens is 384 g/mol. The molecule has 0 saturated carbocycles. The van der Waals surface area contributed by atoms with Gasteiger partial charge >= 0.3 is 0 Å². The first kappa shape index (κ1) is 19.7. The van der Waals surface area contributed by atoms with Crippen LogP contribution in [0.3, 0.4) is 0 Å². The van der Waals surface area contributed by atoms with E-state index in [2.05, 4.69) is 53.2 Å². The van der Waals surface area contributed by atoms with Crippen molar-refractivity contribution < 1.29 is 4.79 Å². The van der Waals surface area contributed by atoms with Gasteiger partial charge < -0.3 is 4.90 Å². The average molecular weight is 409 g/mol. The van der Waals surface area contributed by atoms with E-state index in [9.17, 15) is 4.79 Å². The van der Waals surface area contributed by atoms with Gasteiger partial charge in [-0.2, -0.15) is 0 Å². The third-order valence-corrected chi connectivity index (χ3v) is 7.41. The van der Waals surface area contributed by atoms with Crippen LogP contribution in [0.25, 0.3) is 0 Å². The number of rotatable bonds is 7. The standard InChI is InChI=1S/C18H24N4OS3/c1-3-24-17-19-20-18(26-17)25-13-16(23)22-10-8-21(9-11-22)12-15-7-5-4-6-14(15)2/h4-7H,3,8-13H2,1-2H3. The molecule has 140 valence electrons. The van der Waals surface area contributed by atoms with Crippen LogP contribution < -0.4 is 0 Å². The fraction of sp³-hybridized carbons (Fsp3) is 0.500. The molecule has 0 unspecified atom stereocenters. The number of carbonyl (C=O) groups excluding carboxylic acids is 1. The van der Waals surface area contributed by atoms with Gasteiger partial charge in [0.1, 0.15) is 0 Å². The predicted molar refractivity (Wildman–Crippen MR) is 110 cm³/mol. The van der Waals surface area contributed by atoms with E-state index in [0.29, 0.717) is 5.75 Å². The SMILES string of the molecule is CCSc1nnc(SCC(=O)N2CCN(Cc3ccccc3C)CC2)s1. The number of piperazine rings is 1. The third kappa shape index (κ3) is 5.45. The highest BCUT2D eigenvalue weighted by Crippen LogP contribution is 2.28. The summed E-state index contributed by atoms with van der Waals surface area (Å²) >= 11 is 4.77. The number of aryl methyl sites for hydroxylation is 1. The number of thioether (sulfide) groups is 2. The molecule has 1 saturated heterocycles. The molecule has 0 atom stereocenters. The molecule has 0 N–H and O–H groups in total. The minimum absolute atomic E-state index is 0.199. The summed E-state index contributed by atoms with van der Waals surface area (Å²) in [4.78, 5) is 16.9. The zero-order valence-corrected chi connectivity index (χ0v) is 17.6. The monoisotopic (exact) mass is 408 g/mol. The summed E-state index contributed by atoms with van der Waals surface area (Å²) < 4.78 is 1.86. The second kappa shape index (κ2) is 9.73. The van der Waals surface area contributed by atoms with Gasteiger partial charge in [0.25, 0.3) is 0 Å². The normalized spacial score (nSPS) is 15.4. The van der Waals surface area contributed by atoms with Gasteiger partial charge in [-0.1, -0.05) is 66.0 Å². The Labute approximate surface area is 167 Å². The van der Waals surface area contributed by atoms with Crippen molar-refractivity contribution in [2.45, 2.75) is 29.1 Å². The molecule has 26 heavy (non-hydrogen) atoms. The van der Waals surface area contributed by atoms with Gasteiger partial charge in [0.05, 0.1) is 5.75 Å². The molecule has 1 aromatic carbocycles. The lowest BCUT2D eigenvalue weighted by atomic mass is 10.1. The summed E-state index contributed by atoms with van der Waals surface area (Å²) in [5, 5.41) is 8.28. The molecule has 8 heteroatoms. The molecule has 1 aromatic heterocycles. The molecule has 1 aliphatic rings. The first-order valence-electron chi connectivity index (χ1n) is 8.79. The molecule has 3 rings (SSSR count). The Morgan fingerprint density at radius 1 is 1.12 bits per heavy atom. The topological polar surface area (TPSA) is 49.3 Å². The van der Waals surface area contributed by atoms with Crippen LogP contribution in [0.4, 0.5) is 0 Å². The summed E-state index contributed by atoms with van der Waals surface area (Å²) in [6.45, 7) is 8.69. The minimum atomic E-state index is 0.199. The Balaban J connectivity index is 1.42. The number of aromatic nitrogens is 2. The van der Waals surface area contributed by atoms with Gasteiger partial charge in [0.15, 0.2) is 8.68 Å². The summed E-state index contributed by atoms with van der Waals surface area (Å²) in [5.41, 5.74) is 2.71. The summed E-state index contributed by atoms with van der Waals surface area (Å²) in [7, 11) is 0. The van der Waals surface area contributed by atoms with Crippen molar-refractivity contribution in [1.82, 2.24) is 20.0 Å². The summed E-state index contributed by atoms with van der Waals surface area (Å²) in [6.07, 6.45) is 0. The van der Waals surface area contributed by atoms with Crippen LogP contribution in [0, 0.1) is 6.92 Å². The summed E-state index contributed by atoms with van der Waals surface area (Å²) in [6, 6.07) is 8.52. The van der Waals surface area contributed by atoms with Crippen LogP contribution >= 0.6 is 34.9 Å². The molecule has 1 fully saturated rings. The molecule has 1 aliphatic heterocycles. The van der Waals surface area contributed by atoms with Gasteiger partial charge in [-0.15, -0.1) is 10.2 Å². The molecule has 0 aliphatic carbocycles. The Bertz CT molecular complexity index is 729. The lowest BCUT2D eigenvalue weighted by molar-refractivity contribution is -0.130. The Morgan fingerprint density at radius 2 is 1.81 bits per heavy atom. The highest BCUT2D eigenvalue weighted by molar-refractivity contribution is 8.03. The van der Waals surface area contributed by atoms with E-state index >= 15 is 0 Å². The van der Waals surface area contributed by atoms with Gasteiger partial charge in [-0.3, -0.25) is 9.69 Å². The fourth-order valence-corrected chi connectivity index (χ4v) is 5.66. The number of carbonyl (C=O) groups is 1. The smallest absolute Gasteiger partial charge is 0.233 e. The minimum Gasteiger partial charge on any atom is -0.339 e. The summed E-state index contributed by atoms with van der Waals surface area (Å²) in [5.74, 6) is 1.64. The lowest BCUT2D eigenvalue weighted by Gasteiger charge is -2.35. The number of amides is 1. The molecule has 2 aromatic rings. The number of benzene rings is 1. The van der Waals surface area contributed by atoms with E-state index in [1.54, 1.807) is 23.1 Å². The van der Waals surface area contributed by atoms with Crippen LogP contribution in [0.2, 0.25) is 0 Å². The largest absolute Gasteiger partial charge is 0.339 e. The van der Waals surface area contributed by atoms with Crippen LogP contribution in [0.5, 0.6) is 0 Å². The van der Waals surface area contributed by atoms with Crippen molar-refractivity contribution in [3.63, 3.8) is 0 Å². The van der Waals surface area contributed by atoms with Gasteiger partial charge in [0.2, 0.25) is 5.91 Å². The van der Waals surface area contributed by atoms with Crippen molar-refractivity contribution >= 4 is 40.8 Å². The second-order valence-electron chi connectivity index (χ2n) is 6.14. The quantitative estimate of drug-likeness (QED) is 0.655. The first-order valence-corrected chi connectivity index (χ1v) is 11.6. The van der Waals surface area contributed by atoms with Crippen LogP contribution in [-0.2, 0) is 11.3 Å². The van der Waals surface area contributed by atoms with Gasteiger partial charge in [0, 0.05) is 32.7 Å². The van der Waals surface area contributed by atoms with Gasteiger partial charge in [-0.25, -0.2) is 0 Å². The number of nitrogens with zero attached hydrogens (tertiary/aromatic N) is 4. The molecule has 0 radical (unpaired) electrons. The van der Waals surface area contributed by atoms with Gasteiger partial charge in [-0.05, 0) is 23.8 Å². The van der Waals surface area contributed by atoms with Crippen molar-refractivity contribution in [3.05, 3.63) is 35.4 Å². The molecule has 2 heterocycles. The maximum atomic E-state index is 12.5. The highest BCUT2D eigenvalue weighted by atomic mass is 32.2. The Kier molecular flexibility index (Phi) is 7.36. The van der Waals surface area contributed by atoms with Crippen molar-refractivity contribution in [2.24, 2.45) is 0 Å². The predicted octanol–water partition coefficient (Wildman–Crippen LogP) is 3.40. The molecule has 0 spiro atoms. The first-order chi connectivity index (χ1) is 12.7. The molecule has 1 amide bonds. The highest BCUT2D eigenvalue weighted by Gasteiger charge is 2.21. The van der Waals surface area contributed by atoms with Crippen molar-refractivity contribution in [3.8, 4) is 0 Å². The molecule has 5 nitrogen and oxygen atoms in total. The lowest BCUT2D eigenvalue weighted by Crippen LogP contribution is -2.48. The van der Waals surface area contributed by atoms with Crippen molar-refractivity contribution in [2.75, 3.05) is 37.7 Å². The second-order valence-corrected chi connectivity index (χ2v) is 9.85. The number of hydrogen-bond acceptors (Lipinski definition) is 7. The maximum absolute atomic E-state index is 12.5. The Hall–Kier alpha value is -1.09. The van der Waals surface area contributed by atoms with Crippen molar-refractivity contribution in [1.29, 1.82) is 0 Å². The van der Waals surface area contributed by atoms with Crippen LogP contribution in [-0.4, -0.2) is 63.6 Å². The molecular formula is C18H24N4OS3. The van der Waals surface area contributed by atoms with E-state index in [-0.39, 0.29) is 5.91 Å². The Morgan fingerprint density at radius 3 is 2.50 bits per heavy atom. The van der Waals surface area contributed by atoms with Crippen LogP contribution in [0.15, 0.2) is 32.9 Å². The van der Waals surface area contributed by atoms with E-state index in [4.69, 9.17) is 0 Å².